The van der Waals surface area contributed by atoms with Crippen LogP contribution in [0, 0.1) is 17.2 Å². The van der Waals surface area contributed by atoms with Crippen molar-refractivity contribution in [2.24, 2.45) is 5.92 Å². The van der Waals surface area contributed by atoms with Gasteiger partial charge in [-0.05, 0) is 24.8 Å². The molecule has 1 aromatic carbocycles. The van der Waals surface area contributed by atoms with E-state index in [4.69, 9.17) is 5.26 Å². The Morgan fingerprint density at radius 3 is 2.44 bits per heavy atom. The van der Waals surface area contributed by atoms with Crippen molar-refractivity contribution in [2.45, 2.75) is 46.3 Å². The summed E-state index contributed by atoms with van der Waals surface area (Å²) < 4.78 is 2.06. The monoisotopic (exact) mass is 368 g/mol. The van der Waals surface area contributed by atoms with Crippen molar-refractivity contribution in [3.63, 3.8) is 0 Å². The van der Waals surface area contributed by atoms with Crippen LogP contribution in [0.2, 0.25) is 0 Å². The lowest BCUT2D eigenvalue weighted by Gasteiger charge is -2.21. The number of carbonyl (C=O) groups excluding carboxylic acids is 1. The Labute approximate surface area is 157 Å². The van der Waals surface area contributed by atoms with Crippen molar-refractivity contribution in [1.82, 2.24) is 14.5 Å². The van der Waals surface area contributed by atoms with Crippen molar-refractivity contribution >= 4 is 5.91 Å². The number of nitrogens with zero attached hydrogens (tertiary/aromatic N) is 3. The van der Waals surface area contributed by atoms with Gasteiger partial charge < -0.3 is 5.32 Å². The first-order valence-corrected chi connectivity index (χ1v) is 8.96. The van der Waals surface area contributed by atoms with E-state index in [0.29, 0.717) is 12.5 Å². The Morgan fingerprint density at radius 2 is 1.89 bits per heavy atom. The van der Waals surface area contributed by atoms with E-state index in [1.54, 1.807) is 13.0 Å². The number of nitrogens with one attached hydrogen (secondary N) is 1. The summed E-state index contributed by atoms with van der Waals surface area (Å²) in [5, 5.41) is 12.0. The third-order valence-electron chi connectivity index (χ3n) is 4.24. The Hall–Kier alpha value is -3.14. The highest BCUT2D eigenvalue weighted by Gasteiger charge is 2.18. The van der Waals surface area contributed by atoms with Crippen LogP contribution in [0.1, 0.15) is 44.4 Å². The van der Waals surface area contributed by atoms with Crippen molar-refractivity contribution in [2.75, 3.05) is 0 Å². The molecule has 2 rings (SSSR count). The topological polar surface area (TPSA) is 96.9 Å². The third kappa shape index (κ3) is 4.94. The minimum absolute atomic E-state index is 0.161. The van der Waals surface area contributed by atoms with Gasteiger partial charge in [0.1, 0.15) is 18.2 Å². The maximum atomic E-state index is 12.6. The lowest BCUT2D eigenvalue weighted by Crippen LogP contribution is -2.45. The molecule has 1 N–H and O–H groups in total. The number of hydrogen-bond donors (Lipinski definition) is 1. The molecule has 7 heteroatoms. The third-order valence-corrected chi connectivity index (χ3v) is 4.24. The first kappa shape index (κ1) is 20.2. The zero-order valence-corrected chi connectivity index (χ0v) is 15.8. The summed E-state index contributed by atoms with van der Waals surface area (Å²) >= 11 is 0. The standard InChI is InChI=1S/C20H24N4O3/c1-4-23-12-16(11-21)19(26)24(20(23)27)13-18(25)22-17(10-14(2)3)15-8-6-5-7-9-15/h5-9,12,14,17H,4,10,13H2,1-3H3,(H,22,25). The van der Waals surface area contributed by atoms with E-state index >= 15 is 0 Å². The normalized spacial score (nSPS) is 11.8. The number of aromatic nitrogens is 2. The van der Waals surface area contributed by atoms with Gasteiger partial charge in [0.15, 0.2) is 0 Å². The molecule has 1 unspecified atom stereocenters. The summed E-state index contributed by atoms with van der Waals surface area (Å²) in [5.41, 5.74) is -0.547. The summed E-state index contributed by atoms with van der Waals surface area (Å²) in [7, 11) is 0. The lowest BCUT2D eigenvalue weighted by molar-refractivity contribution is -0.122. The molecule has 0 saturated heterocycles. The van der Waals surface area contributed by atoms with Crippen LogP contribution in [0.15, 0.2) is 46.1 Å². The smallest absolute Gasteiger partial charge is 0.331 e. The maximum Gasteiger partial charge on any atom is 0.331 e. The molecule has 0 aliphatic carbocycles. The first-order valence-electron chi connectivity index (χ1n) is 8.96. The number of rotatable bonds is 7. The zero-order chi connectivity index (χ0) is 20.0. The second-order valence-corrected chi connectivity index (χ2v) is 6.77. The summed E-state index contributed by atoms with van der Waals surface area (Å²) in [6, 6.07) is 11.1. The van der Waals surface area contributed by atoms with Crippen molar-refractivity contribution in [1.29, 1.82) is 5.26 Å². The number of nitriles is 1. The van der Waals surface area contributed by atoms with Gasteiger partial charge in [0.05, 0.1) is 6.04 Å². The molecule has 0 radical (unpaired) electrons. The number of amides is 1. The van der Waals surface area contributed by atoms with E-state index in [9.17, 15) is 14.4 Å². The molecule has 0 spiro atoms. The fourth-order valence-corrected chi connectivity index (χ4v) is 2.91. The number of aryl methyl sites for hydroxylation is 1. The van der Waals surface area contributed by atoms with Gasteiger partial charge in [-0.1, -0.05) is 44.2 Å². The van der Waals surface area contributed by atoms with Crippen molar-refractivity contribution in [3.05, 3.63) is 68.5 Å². The fourth-order valence-electron chi connectivity index (χ4n) is 2.91. The maximum absolute atomic E-state index is 12.6. The van der Waals surface area contributed by atoms with Gasteiger partial charge in [-0.3, -0.25) is 14.2 Å². The summed E-state index contributed by atoms with van der Waals surface area (Å²) in [5.74, 6) is -0.0982. The molecule has 2 aromatic rings. The molecule has 1 aromatic heterocycles. The van der Waals surface area contributed by atoms with Crippen LogP contribution in [0.5, 0.6) is 0 Å². The SMILES string of the molecule is CCn1cc(C#N)c(=O)n(CC(=O)NC(CC(C)C)c2ccccc2)c1=O. The zero-order valence-electron chi connectivity index (χ0n) is 15.8. The Kier molecular flexibility index (Phi) is 6.72. The van der Waals surface area contributed by atoms with Gasteiger partial charge in [-0.15, -0.1) is 0 Å². The summed E-state index contributed by atoms with van der Waals surface area (Å²) in [6.07, 6.45) is 1.95. The molecule has 7 nitrogen and oxygen atoms in total. The number of carbonyl (C=O) groups is 1. The van der Waals surface area contributed by atoms with Crippen LogP contribution < -0.4 is 16.6 Å². The quantitative estimate of drug-likeness (QED) is 0.806. The molecule has 27 heavy (non-hydrogen) atoms. The lowest BCUT2D eigenvalue weighted by atomic mass is 9.97. The number of benzene rings is 1. The Bertz CT molecular complexity index is 952. The molecule has 0 fully saturated rings. The molecule has 0 saturated carbocycles. The molecule has 1 amide bonds. The molecule has 0 aliphatic heterocycles. The molecule has 1 heterocycles. The van der Waals surface area contributed by atoms with Gasteiger partial charge in [-0.2, -0.15) is 5.26 Å². The van der Waals surface area contributed by atoms with Gasteiger partial charge in [0, 0.05) is 12.7 Å². The molecule has 0 bridgehead atoms. The van der Waals surface area contributed by atoms with E-state index in [0.717, 1.165) is 16.6 Å². The molecule has 0 aliphatic rings. The molecular formula is C20H24N4O3. The molecule has 142 valence electrons. The van der Waals surface area contributed by atoms with E-state index in [1.807, 2.05) is 30.3 Å². The van der Waals surface area contributed by atoms with Gasteiger partial charge in [0.2, 0.25) is 5.91 Å². The van der Waals surface area contributed by atoms with E-state index in [-0.39, 0.29) is 11.6 Å². The largest absolute Gasteiger partial charge is 0.348 e. The van der Waals surface area contributed by atoms with Gasteiger partial charge in [0.25, 0.3) is 5.56 Å². The molecular weight excluding hydrogens is 344 g/mol. The highest BCUT2D eigenvalue weighted by Crippen LogP contribution is 2.20. The van der Waals surface area contributed by atoms with E-state index in [2.05, 4.69) is 19.2 Å². The van der Waals surface area contributed by atoms with E-state index in [1.165, 1.54) is 10.8 Å². The predicted molar refractivity (Wildman–Crippen MR) is 102 cm³/mol. The average Bonchev–Trinajstić information content (AvgIpc) is 2.65. The predicted octanol–water partition coefficient (Wildman–Crippen LogP) is 1.81. The van der Waals surface area contributed by atoms with Crippen LogP contribution in [-0.2, 0) is 17.9 Å². The second kappa shape index (κ2) is 8.99. The first-order chi connectivity index (χ1) is 12.9. The fraction of sp³-hybridized carbons (Fsp3) is 0.400. The summed E-state index contributed by atoms with van der Waals surface area (Å²) in [4.78, 5) is 37.3. The van der Waals surface area contributed by atoms with Gasteiger partial charge in [-0.25, -0.2) is 9.36 Å². The Balaban J connectivity index is 2.30. The van der Waals surface area contributed by atoms with Crippen LogP contribution in [0.4, 0.5) is 0 Å². The number of hydrogen-bond acceptors (Lipinski definition) is 4. The summed E-state index contributed by atoms with van der Waals surface area (Å²) in [6.45, 7) is 5.72. The minimum atomic E-state index is -0.748. The second-order valence-electron chi connectivity index (χ2n) is 6.77. The highest BCUT2D eigenvalue weighted by atomic mass is 16.2. The van der Waals surface area contributed by atoms with Crippen LogP contribution in [-0.4, -0.2) is 15.0 Å². The minimum Gasteiger partial charge on any atom is -0.348 e. The average molecular weight is 368 g/mol. The van der Waals surface area contributed by atoms with Gasteiger partial charge >= 0.3 is 5.69 Å². The van der Waals surface area contributed by atoms with Crippen LogP contribution in [0.3, 0.4) is 0 Å². The highest BCUT2D eigenvalue weighted by molar-refractivity contribution is 5.76. The van der Waals surface area contributed by atoms with E-state index < -0.39 is 23.7 Å². The molecule has 1 atom stereocenters. The van der Waals surface area contributed by atoms with Crippen LogP contribution >= 0.6 is 0 Å². The van der Waals surface area contributed by atoms with Crippen molar-refractivity contribution < 1.29 is 4.79 Å². The van der Waals surface area contributed by atoms with Crippen molar-refractivity contribution in [3.8, 4) is 6.07 Å². The Morgan fingerprint density at radius 1 is 1.22 bits per heavy atom. The van der Waals surface area contributed by atoms with Crippen LogP contribution in [0.25, 0.3) is 0 Å².